The topological polar surface area (TPSA) is 79.8 Å². The third-order valence-corrected chi connectivity index (χ3v) is 4.97. The first-order valence-corrected chi connectivity index (χ1v) is 10.2. The van der Waals surface area contributed by atoms with E-state index in [1.54, 1.807) is 31.3 Å². The molecular weight excluding hydrogens is 477 g/mol. The van der Waals surface area contributed by atoms with E-state index < -0.39 is 9.84 Å². The van der Waals surface area contributed by atoms with Gasteiger partial charge < -0.3 is 15.4 Å². The van der Waals surface area contributed by atoms with E-state index >= 15 is 0 Å². The minimum Gasteiger partial charge on any atom is -0.492 e. The number of benzene rings is 2. The molecule has 27 heavy (non-hydrogen) atoms. The van der Waals surface area contributed by atoms with Crippen molar-refractivity contribution < 1.29 is 13.2 Å². The van der Waals surface area contributed by atoms with Crippen molar-refractivity contribution in [2.24, 2.45) is 4.99 Å². The summed E-state index contributed by atoms with van der Waals surface area (Å²) in [7, 11) is -1.46. The predicted molar refractivity (Wildman–Crippen MR) is 120 cm³/mol. The average Bonchev–Trinajstić information content (AvgIpc) is 2.62. The van der Waals surface area contributed by atoms with Crippen LogP contribution in [0.5, 0.6) is 5.75 Å². The Bertz CT molecular complexity index is 853. The lowest BCUT2D eigenvalue weighted by atomic mass is 10.1. The molecule has 0 aliphatic heterocycles. The lowest BCUT2D eigenvalue weighted by molar-refractivity contribution is 0.321. The predicted octanol–water partition coefficient (Wildman–Crippen LogP) is 2.76. The van der Waals surface area contributed by atoms with Crippen molar-refractivity contribution in [1.29, 1.82) is 0 Å². The van der Waals surface area contributed by atoms with Crippen LogP contribution in [0.15, 0.2) is 58.4 Å². The summed E-state index contributed by atoms with van der Waals surface area (Å²) in [5, 5.41) is 6.45. The third kappa shape index (κ3) is 7.76. The van der Waals surface area contributed by atoms with Gasteiger partial charge in [-0.2, -0.15) is 0 Å². The molecule has 0 aromatic heterocycles. The smallest absolute Gasteiger partial charge is 0.191 e. The molecule has 2 aromatic carbocycles. The number of guanidine groups is 1. The summed E-state index contributed by atoms with van der Waals surface area (Å²) in [6.07, 6.45) is 1.18. The Morgan fingerprint density at radius 3 is 2.33 bits per heavy atom. The Morgan fingerprint density at radius 1 is 1.07 bits per heavy atom. The number of rotatable bonds is 7. The molecule has 0 saturated carbocycles. The number of hydrogen-bond donors (Lipinski definition) is 2. The highest BCUT2D eigenvalue weighted by atomic mass is 127. The minimum atomic E-state index is -3.18. The monoisotopic (exact) mass is 503 g/mol. The van der Waals surface area contributed by atoms with Crippen LogP contribution in [0.1, 0.15) is 11.1 Å². The minimum absolute atomic E-state index is 0. The average molecular weight is 503 g/mol. The Balaban J connectivity index is 0.00000364. The Hall–Kier alpha value is -1.81. The lowest BCUT2D eigenvalue weighted by Crippen LogP contribution is -2.39. The molecule has 0 bridgehead atoms. The van der Waals surface area contributed by atoms with Gasteiger partial charge in [0.15, 0.2) is 15.8 Å². The second kappa shape index (κ2) is 11.1. The van der Waals surface area contributed by atoms with Gasteiger partial charge in [0.25, 0.3) is 0 Å². The van der Waals surface area contributed by atoms with Gasteiger partial charge in [0.2, 0.25) is 0 Å². The number of halogens is 1. The van der Waals surface area contributed by atoms with Crippen molar-refractivity contribution in [2.75, 3.05) is 26.5 Å². The number of ether oxygens (including phenoxy) is 1. The van der Waals surface area contributed by atoms with Crippen LogP contribution in [0, 0.1) is 6.92 Å². The van der Waals surface area contributed by atoms with E-state index in [1.807, 2.05) is 12.1 Å². The highest BCUT2D eigenvalue weighted by molar-refractivity contribution is 14.0. The van der Waals surface area contributed by atoms with Crippen molar-refractivity contribution in [3.05, 3.63) is 59.7 Å². The molecule has 2 aromatic rings. The van der Waals surface area contributed by atoms with Crippen LogP contribution in [-0.4, -0.2) is 40.8 Å². The zero-order chi connectivity index (χ0) is 19.0. The molecule has 0 atom stereocenters. The van der Waals surface area contributed by atoms with Crippen molar-refractivity contribution in [2.45, 2.75) is 18.4 Å². The number of sulfone groups is 1. The van der Waals surface area contributed by atoms with E-state index in [0.717, 1.165) is 0 Å². The van der Waals surface area contributed by atoms with E-state index in [4.69, 9.17) is 4.74 Å². The summed E-state index contributed by atoms with van der Waals surface area (Å²) in [6, 6.07) is 14.6. The Kier molecular flexibility index (Phi) is 9.57. The summed E-state index contributed by atoms with van der Waals surface area (Å²) < 4.78 is 28.5. The van der Waals surface area contributed by atoms with E-state index in [-0.39, 0.29) is 28.9 Å². The SMILES string of the molecule is CN=C(NCCOc1ccc(S(C)(=O)=O)cc1)NCc1ccccc1C.I. The van der Waals surface area contributed by atoms with Crippen LogP contribution in [-0.2, 0) is 16.4 Å². The van der Waals surface area contributed by atoms with Gasteiger partial charge in [-0.05, 0) is 42.3 Å². The summed E-state index contributed by atoms with van der Waals surface area (Å²) in [4.78, 5) is 4.47. The number of nitrogens with zero attached hydrogens (tertiary/aromatic N) is 1. The van der Waals surface area contributed by atoms with Crippen LogP contribution >= 0.6 is 24.0 Å². The normalized spacial score (nSPS) is 11.4. The molecule has 0 saturated heterocycles. The van der Waals surface area contributed by atoms with E-state index in [1.165, 1.54) is 17.4 Å². The van der Waals surface area contributed by atoms with Crippen molar-refractivity contribution >= 4 is 39.8 Å². The molecule has 0 heterocycles. The summed E-state index contributed by atoms with van der Waals surface area (Å²) in [5.74, 6) is 1.33. The number of nitrogens with one attached hydrogen (secondary N) is 2. The molecule has 8 heteroatoms. The van der Waals surface area contributed by atoms with Crippen LogP contribution in [0.4, 0.5) is 0 Å². The molecule has 6 nitrogen and oxygen atoms in total. The molecule has 0 unspecified atom stereocenters. The van der Waals surface area contributed by atoms with E-state index in [9.17, 15) is 8.42 Å². The van der Waals surface area contributed by atoms with Crippen molar-refractivity contribution in [1.82, 2.24) is 10.6 Å². The first-order chi connectivity index (χ1) is 12.4. The maximum absolute atomic E-state index is 11.4. The summed E-state index contributed by atoms with van der Waals surface area (Å²) >= 11 is 0. The second-order valence-corrected chi connectivity index (χ2v) is 7.89. The number of aryl methyl sites for hydroxylation is 1. The molecule has 0 spiro atoms. The van der Waals surface area contributed by atoms with E-state index in [0.29, 0.717) is 31.4 Å². The van der Waals surface area contributed by atoms with Crippen molar-refractivity contribution in [3.8, 4) is 5.75 Å². The highest BCUT2D eigenvalue weighted by Gasteiger charge is 2.06. The molecular formula is C19H26IN3O3S. The first kappa shape index (κ1) is 23.2. The zero-order valence-corrected chi connectivity index (χ0v) is 18.9. The van der Waals surface area contributed by atoms with Gasteiger partial charge in [-0.15, -0.1) is 24.0 Å². The van der Waals surface area contributed by atoms with Gasteiger partial charge in [0.1, 0.15) is 12.4 Å². The molecule has 0 aliphatic carbocycles. The summed E-state index contributed by atoms with van der Waals surface area (Å²) in [5.41, 5.74) is 2.45. The fourth-order valence-corrected chi connectivity index (χ4v) is 2.96. The fourth-order valence-electron chi connectivity index (χ4n) is 2.33. The van der Waals surface area contributed by atoms with Crippen LogP contribution in [0.25, 0.3) is 0 Å². The maximum Gasteiger partial charge on any atom is 0.191 e. The van der Waals surface area contributed by atoms with E-state index in [2.05, 4.69) is 34.7 Å². The quantitative estimate of drug-likeness (QED) is 0.263. The maximum atomic E-state index is 11.4. The number of aliphatic imine (C=N–C) groups is 1. The highest BCUT2D eigenvalue weighted by Crippen LogP contribution is 2.15. The van der Waals surface area contributed by atoms with Gasteiger partial charge in [-0.3, -0.25) is 4.99 Å². The van der Waals surface area contributed by atoms with Gasteiger partial charge in [0.05, 0.1) is 11.4 Å². The third-order valence-electron chi connectivity index (χ3n) is 3.85. The molecule has 0 amide bonds. The summed E-state index contributed by atoms with van der Waals surface area (Å²) in [6.45, 7) is 3.78. The fraction of sp³-hybridized carbons (Fsp3) is 0.316. The second-order valence-electron chi connectivity index (χ2n) is 5.87. The molecule has 2 rings (SSSR count). The molecule has 0 fully saturated rings. The zero-order valence-electron chi connectivity index (χ0n) is 15.7. The number of hydrogen-bond acceptors (Lipinski definition) is 4. The van der Waals surface area contributed by atoms with Gasteiger partial charge in [0, 0.05) is 19.8 Å². The molecule has 0 aliphatic rings. The van der Waals surface area contributed by atoms with Crippen LogP contribution in [0.2, 0.25) is 0 Å². The van der Waals surface area contributed by atoms with Gasteiger partial charge >= 0.3 is 0 Å². The molecule has 148 valence electrons. The lowest BCUT2D eigenvalue weighted by Gasteiger charge is -2.13. The van der Waals surface area contributed by atoms with Gasteiger partial charge in [-0.1, -0.05) is 24.3 Å². The first-order valence-electron chi connectivity index (χ1n) is 8.32. The van der Waals surface area contributed by atoms with Crippen LogP contribution in [0.3, 0.4) is 0 Å². The Morgan fingerprint density at radius 2 is 1.74 bits per heavy atom. The molecule has 2 N–H and O–H groups in total. The van der Waals surface area contributed by atoms with Crippen LogP contribution < -0.4 is 15.4 Å². The van der Waals surface area contributed by atoms with Gasteiger partial charge in [-0.25, -0.2) is 8.42 Å². The Labute approximate surface area is 178 Å². The van der Waals surface area contributed by atoms with Crippen molar-refractivity contribution in [3.63, 3.8) is 0 Å². The molecule has 0 radical (unpaired) electrons. The largest absolute Gasteiger partial charge is 0.492 e. The standard InChI is InChI=1S/C19H25N3O3S.HI/c1-15-6-4-5-7-16(15)14-22-19(20-2)21-12-13-25-17-8-10-18(11-9-17)26(3,23)24;/h4-11H,12-14H2,1-3H3,(H2,20,21,22);1H.